The molecule has 0 radical (unpaired) electrons. The number of hydrogen-bond acceptors (Lipinski definition) is 4. The molecule has 0 aliphatic carbocycles. The minimum atomic E-state index is -0.0169. The van der Waals surface area contributed by atoms with Crippen LogP contribution in [0.25, 0.3) is 11.0 Å². The summed E-state index contributed by atoms with van der Waals surface area (Å²) < 4.78 is 1.64. The van der Waals surface area contributed by atoms with Gasteiger partial charge in [0, 0.05) is 12.6 Å². The molecular formula is C15H21N5O. The van der Waals surface area contributed by atoms with Crippen molar-refractivity contribution in [1.82, 2.24) is 25.2 Å². The molecule has 0 spiro atoms. The predicted molar refractivity (Wildman–Crippen MR) is 80.8 cm³/mol. The van der Waals surface area contributed by atoms with Crippen molar-refractivity contribution in [2.45, 2.75) is 32.4 Å². The largest absolute Gasteiger partial charge is 0.353 e. The Morgan fingerprint density at radius 1 is 1.33 bits per heavy atom. The molecule has 1 aliphatic rings. The van der Waals surface area contributed by atoms with Crippen molar-refractivity contribution >= 4 is 16.9 Å². The predicted octanol–water partition coefficient (Wildman–Crippen LogP) is 1.03. The molecule has 1 saturated heterocycles. The lowest BCUT2D eigenvalue weighted by atomic mass is 10.3. The molecule has 1 fully saturated rings. The van der Waals surface area contributed by atoms with Crippen molar-refractivity contribution in [2.75, 3.05) is 19.6 Å². The number of hydrogen-bond donors (Lipinski definition) is 1. The van der Waals surface area contributed by atoms with Crippen LogP contribution in [-0.4, -0.2) is 51.5 Å². The van der Waals surface area contributed by atoms with Crippen molar-refractivity contribution in [2.24, 2.45) is 0 Å². The molecule has 0 saturated carbocycles. The van der Waals surface area contributed by atoms with E-state index in [9.17, 15) is 4.79 Å². The summed E-state index contributed by atoms with van der Waals surface area (Å²) in [6, 6.07) is 8.06. The average Bonchev–Trinajstić information content (AvgIpc) is 3.15. The van der Waals surface area contributed by atoms with Crippen LogP contribution in [0.1, 0.15) is 19.8 Å². The van der Waals surface area contributed by atoms with Crippen LogP contribution in [0.4, 0.5) is 0 Å². The third-order valence-corrected chi connectivity index (χ3v) is 4.07. The maximum Gasteiger partial charge on any atom is 0.241 e. The van der Waals surface area contributed by atoms with Crippen LogP contribution in [0, 0.1) is 0 Å². The number of amides is 1. The summed E-state index contributed by atoms with van der Waals surface area (Å²) in [5.41, 5.74) is 1.70. The summed E-state index contributed by atoms with van der Waals surface area (Å²) in [5, 5.41) is 11.1. The van der Waals surface area contributed by atoms with Crippen LogP contribution in [0.5, 0.6) is 0 Å². The molecule has 21 heavy (non-hydrogen) atoms. The van der Waals surface area contributed by atoms with Gasteiger partial charge in [-0.25, -0.2) is 4.68 Å². The van der Waals surface area contributed by atoms with Crippen molar-refractivity contribution in [1.29, 1.82) is 0 Å². The molecule has 1 N–H and O–H groups in total. The second-order valence-electron chi connectivity index (χ2n) is 5.63. The normalized spacial score (nSPS) is 17.2. The van der Waals surface area contributed by atoms with Gasteiger partial charge in [-0.05, 0) is 45.0 Å². The van der Waals surface area contributed by atoms with Crippen molar-refractivity contribution in [3.05, 3.63) is 24.3 Å². The van der Waals surface area contributed by atoms with Gasteiger partial charge in [-0.1, -0.05) is 17.3 Å². The van der Waals surface area contributed by atoms with E-state index in [2.05, 4.69) is 27.5 Å². The standard InChI is InChI=1S/C15H21N5O/c1-12(19-8-4-5-9-19)10-16-15(21)11-20-14-7-3-2-6-13(14)17-18-20/h2-3,6-7,12H,4-5,8-11H2,1H3,(H,16,21)/t12-/m1/s1. The molecule has 6 nitrogen and oxygen atoms in total. The van der Waals surface area contributed by atoms with Crippen molar-refractivity contribution in [3.8, 4) is 0 Å². The first-order chi connectivity index (χ1) is 10.2. The van der Waals surface area contributed by atoms with Gasteiger partial charge in [-0.2, -0.15) is 0 Å². The maximum absolute atomic E-state index is 12.1. The van der Waals surface area contributed by atoms with Crippen LogP contribution >= 0.6 is 0 Å². The zero-order valence-corrected chi connectivity index (χ0v) is 12.3. The third kappa shape index (κ3) is 3.21. The number of fused-ring (bicyclic) bond motifs is 1. The van der Waals surface area contributed by atoms with Gasteiger partial charge in [0.2, 0.25) is 5.91 Å². The number of para-hydroxylation sites is 1. The molecule has 1 aromatic heterocycles. The van der Waals surface area contributed by atoms with E-state index in [1.54, 1.807) is 4.68 Å². The van der Waals surface area contributed by atoms with Crippen molar-refractivity contribution < 1.29 is 4.79 Å². The Kier molecular flexibility index (Phi) is 4.15. The number of aromatic nitrogens is 3. The Balaban J connectivity index is 1.54. The summed E-state index contributed by atoms with van der Waals surface area (Å²) >= 11 is 0. The van der Waals surface area contributed by atoms with Gasteiger partial charge in [0.1, 0.15) is 12.1 Å². The molecule has 2 heterocycles. The fourth-order valence-corrected chi connectivity index (χ4v) is 2.80. The lowest BCUT2D eigenvalue weighted by Gasteiger charge is -2.23. The summed E-state index contributed by atoms with van der Waals surface area (Å²) in [4.78, 5) is 14.5. The molecule has 2 aromatic rings. The first kappa shape index (κ1) is 14.0. The third-order valence-electron chi connectivity index (χ3n) is 4.07. The summed E-state index contributed by atoms with van der Waals surface area (Å²) in [5.74, 6) is -0.0169. The quantitative estimate of drug-likeness (QED) is 0.892. The first-order valence-electron chi connectivity index (χ1n) is 7.53. The SMILES string of the molecule is C[C@H](CNC(=O)Cn1nnc2ccccc21)N1CCCC1. The fourth-order valence-electron chi connectivity index (χ4n) is 2.80. The van der Waals surface area contributed by atoms with Gasteiger partial charge < -0.3 is 5.32 Å². The number of likely N-dealkylation sites (tertiary alicyclic amines) is 1. The molecular weight excluding hydrogens is 266 g/mol. The van der Waals surface area contributed by atoms with E-state index < -0.39 is 0 Å². The number of rotatable bonds is 5. The highest BCUT2D eigenvalue weighted by Crippen LogP contribution is 2.11. The molecule has 1 aliphatic heterocycles. The average molecular weight is 287 g/mol. The van der Waals surface area contributed by atoms with E-state index >= 15 is 0 Å². The molecule has 0 bridgehead atoms. The van der Waals surface area contributed by atoms with Gasteiger partial charge in [-0.3, -0.25) is 9.69 Å². The van der Waals surface area contributed by atoms with Crippen LogP contribution in [-0.2, 0) is 11.3 Å². The summed E-state index contributed by atoms with van der Waals surface area (Å²) in [7, 11) is 0. The minimum absolute atomic E-state index is 0.0169. The second-order valence-corrected chi connectivity index (χ2v) is 5.63. The van der Waals surface area contributed by atoms with E-state index in [1.165, 1.54) is 12.8 Å². The Bertz CT molecular complexity index is 617. The zero-order valence-electron chi connectivity index (χ0n) is 12.3. The monoisotopic (exact) mass is 287 g/mol. The minimum Gasteiger partial charge on any atom is -0.353 e. The highest BCUT2D eigenvalue weighted by molar-refractivity contribution is 5.79. The maximum atomic E-state index is 12.1. The van der Waals surface area contributed by atoms with E-state index in [4.69, 9.17) is 0 Å². The number of nitrogens with one attached hydrogen (secondary N) is 1. The highest BCUT2D eigenvalue weighted by Gasteiger charge is 2.18. The zero-order chi connectivity index (χ0) is 14.7. The van der Waals surface area contributed by atoms with Gasteiger partial charge >= 0.3 is 0 Å². The van der Waals surface area contributed by atoms with Crippen molar-refractivity contribution in [3.63, 3.8) is 0 Å². The molecule has 0 unspecified atom stereocenters. The summed E-state index contributed by atoms with van der Waals surface area (Å²) in [6.45, 7) is 5.35. The lowest BCUT2D eigenvalue weighted by molar-refractivity contribution is -0.122. The second kappa shape index (κ2) is 6.22. The fraction of sp³-hybridized carbons (Fsp3) is 0.533. The highest BCUT2D eigenvalue weighted by atomic mass is 16.2. The van der Waals surface area contributed by atoms with Crippen LogP contribution in [0.2, 0.25) is 0 Å². The first-order valence-corrected chi connectivity index (χ1v) is 7.53. The van der Waals surface area contributed by atoms with E-state index in [1.807, 2.05) is 24.3 Å². The summed E-state index contributed by atoms with van der Waals surface area (Å²) in [6.07, 6.45) is 2.53. The molecule has 1 amide bonds. The molecule has 6 heteroatoms. The Labute approximate surface area is 124 Å². The molecule has 1 atom stereocenters. The van der Waals surface area contributed by atoms with E-state index in [-0.39, 0.29) is 12.5 Å². The number of carbonyl (C=O) groups excluding carboxylic acids is 1. The Hall–Kier alpha value is -1.95. The topological polar surface area (TPSA) is 63.1 Å². The number of benzene rings is 1. The number of nitrogens with zero attached hydrogens (tertiary/aromatic N) is 4. The molecule has 3 rings (SSSR count). The lowest BCUT2D eigenvalue weighted by Crippen LogP contribution is -2.41. The smallest absolute Gasteiger partial charge is 0.241 e. The Morgan fingerprint density at radius 2 is 2.10 bits per heavy atom. The van der Waals surface area contributed by atoms with Crippen LogP contribution in [0.3, 0.4) is 0 Å². The number of carbonyl (C=O) groups is 1. The van der Waals surface area contributed by atoms with Crippen LogP contribution < -0.4 is 5.32 Å². The van der Waals surface area contributed by atoms with Gasteiger partial charge in [-0.15, -0.1) is 5.10 Å². The Morgan fingerprint density at radius 3 is 2.90 bits per heavy atom. The van der Waals surface area contributed by atoms with E-state index in [0.29, 0.717) is 12.6 Å². The van der Waals surface area contributed by atoms with Crippen LogP contribution in [0.15, 0.2) is 24.3 Å². The van der Waals surface area contributed by atoms with Gasteiger partial charge in [0.15, 0.2) is 0 Å². The van der Waals surface area contributed by atoms with Gasteiger partial charge in [0.05, 0.1) is 5.52 Å². The van der Waals surface area contributed by atoms with E-state index in [0.717, 1.165) is 24.1 Å². The van der Waals surface area contributed by atoms with Gasteiger partial charge in [0.25, 0.3) is 0 Å². The molecule has 112 valence electrons. The molecule has 1 aromatic carbocycles.